The Balaban J connectivity index is 6.98. The van der Waals surface area contributed by atoms with Gasteiger partial charge in [0.05, 0.1) is 32.2 Å². The fourth-order valence-electron chi connectivity index (χ4n) is 8.89. The van der Waals surface area contributed by atoms with Gasteiger partial charge >= 0.3 is 41.8 Å². The van der Waals surface area contributed by atoms with Crippen molar-refractivity contribution < 1.29 is 115 Å². The molecule has 35 heteroatoms. The van der Waals surface area contributed by atoms with E-state index in [0.717, 1.165) is 0 Å². The maximum absolute atomic E-state index is 14.0. The van der Waals surface area contributed by atoms with Crippen molar-refractivity contribution in [3.05, 3.63) is 0 Å². The molecule has 0 rings (SSSR count). The summed E-state index contributed by atoms with van der Waals surface area (Å²) < 4.78 is 37.8. The summed E-state index contributed by atoms with van der Waals surface area (Å²) in [6.07, 6.45) is -4.44. The first-order valence-corrected chi connectivity index (χ1v) is 35.4. The molecule has 0 spiro atoms. The van der Waals surface area contributed by atoms with Gasteiger partial charge in [-0.1, -0.05) is 13.3 Å². The highest BCUT2D eigenvalue weighted by Gasteiger charge is 2.35. The van der Waals surface area contributed by atoms with Crippen LogP contribution in [0.2, 0.25) is 0 Å². The molecule has 0 aliphatic carbocycles. The monoisotopic (exact) mass is 1510 g/mol. The highest BCUT2D eigenvalue weighted by Crippen LogP contribution is 2.19. The van der Waals surface area contributed by atoms with Crippen molar-refractivity contribution in [2.24, 2.45) is 5.73 Å². The highest BCUT2D eigenvalue weighted by atomic mass is 16.6. The molecule has 0 aromatic heterocycles. The summed E-state index contributed by atoms with van der Waals surface area (Å²) in [4.78, 5) is 226. The maximum Gasteiger partial charge on any atom is 0.329 e. The van der Waals surface area contributed by atoms with E-state index in [9.17, 15) is 81.5 Å². The van der Waals surface area contributed by atoms with Gasteiger partial charge in [-0.15, -0.1) is 0 Å². The number of nitrogens with one attached hydrogen (secondary N) is 10. The summed E-state index contributed by atoms with van der Waals surface area (Å²) in [5.41, 5.74) is -0.272. The van der Waals surface area contributed by atoms with E-state index in [0.29, 0.717) is 6.42 Å². The van der Waals surface area contributed by atoms with E-state index < -0.39 is 247 Å². The first-order valence-electron chi connectivity index (χ1n) is 35.4. The Morgan fingerprint density at radius 2 is 0.481 bits per heavy atom. The van der Waals surface area contributed by atoms with Gasteiger partial charge in [0, 0.05) is 38.5 Å². The SMILES string of the molecule is CCCC(NC(=O)CNC(=O)CCC(NC(=O)CCC(N)C(=O)NC(CCC(=O)NCC(=O)NC(CCC(=O)OC(C)(C)C)C(=O)OC(C)(C)C)C(=O)NCC(=O)NC(CCC(=O)OC(C)(C)C)C(=O)OC(C)(C)C)C(=O)NCC(=O)NC(CCC(=O)OC(C)(C)C)C(=O)OC(C)(C)C)C(=O)OC(C)(C)C. The molecule has 0 heterocycles. The largest absolute Gasteiger partial charge is 0.460 e. The molecule has 604 valence electrons. The van der Waals surface area contributed by atoms with E-state index in [1.807, 2.05) is 0 Å². The van der Waals surface area contributed by atoms with Gasteiger partial charge in [0.25, 0.3) is 0 Å². The van der Waals surface area contributed by atoms with Crippen LogP contribution in [-0.2, 0) is 115 Å². The number of amides is 10. The zero-order chi connectivity index (χ0) is 82.1. The fraction of sp³-hybridized carbons (Fsp3) is 0.761. The number of hydrogen-bond acceptors (Lipinski definition) is 25. The molecule has 0 aromatic carbocycles. The van der Waals surface area contributed by atoms with Crippen LogP contribution in [0, 0.1) is 0 Å². The van der Waals surface area contributed by atoms with E-state index in [-0.39, 0.29) is 44.9 Å². The average molecular weight is 1510 g/mol. The zero-order valence-corrected chi connectivity index (χ0v) is 66.1. The summed E-state index contributed by atoms with van der Waals surface area (Å²) in [5, 5.41) is 23.9. The molecule has 0 aliphatic rings. The van der Waals surface area contributed by atoms with E-state index in [1.165, 1.54) is 0 Å². The second-order valence-corrected chi connectivity index (χ2v) is 32.2. The molecule has 7 unspecified atom stereocenters. The van der Waals surface area contributed by atoms with Crippen molar-refractivity contribution in [1.29, 1.82) is 0 Å². The predicted molar refractivity (Wildman–Crippen MR) is 383 cm³/mol. The molecular weight excluding hydrogens is 1390 g/mol. The zero-order valence-electron chi connectivity index (χ0n) is 66.1. The van der Waals surface area contributed by atoms with Crippen molar-refractivity contribution in [2.75, 3.05) is 26.2 Å². The lowest BCUT2D eigenvalue weighted by molar-refractivity contribution is -0.161. The number of ether oxygens (including phenoxy) is 7. The molecule has 106 heavy (non-hydrogen) atoms. The van der Waals surface area contributed by atoms with Gasteiger partial charge in [-0.2, -0.15) is 0 Å². The molecule has 10 amide bonds. The lowest BCUT2D eigenvalue weighted by atomic mass is 10.1. The molecule has 0 saturated carbocycles. The normalized spacial score (nSPS) is 13.9. The Bertz CT molecular complexity index is 3050. The van der Waals surface area contributed by atoms with Gasteiger partial charge < -0.3 is 92.1 Å². The van der Waals surface area contributed by atoms with Crippen molar-refractivity contribution >= 4 is 101 Å². The predicted octanol–water partition coefficient (Wildman–Crippen LogP) is 1.56. The summed E-state index contributed by atoms with van der Waals surface area (Å²) in [6.45, 7) is 32.6. The van der Waals surface area contributed by atoms with Crippen LogP contribution in [-0.4, -0.2) is 209 Å². The second-order valence-electron chi connectivity index (χ2n) is 32.2. The molecular formula is C71H121N11O24. The van der Waals surface area contributed by atoms with Crippen LogP contribution in [0.1, 0.15) is 242 Å². The van der Waals surface area contributed by atoms with E-state index in [1.54, 1.807) is 152 Å². The molecule has 0 bridgehead atoms. The van der Waals surface area contributed by atoms with E-state index in [4.69, 9.17) is 38.9 Å². The summed E-state index contributed by atoms with van der Waals surface area (Å²) in [7, 11) is 0. The van der Waals surface area contributed by atoms with E-state index in [2.05, 4.69) is 53.2 Å². The third-order valence-electron chi connectivity index (χ3n) is 13.2. The quantitative estimate of drug-likeness (QED) is 0.0306. The molecule has 35 nitrogen and oxygen atoms in total. The van der Waals surface area contributed by atoms with Crippen LogP contribution in [0.3, 0.4) is 0 Å². The Kier molecular flexibility index (Phi) is 40.4. The fourth-order valence-corrected chi connectivity index (χ4v) is 8.89. The Morgan fingerprint density at radius 3 is 0.745 bits per heavy atom. The van der Waals surface area contributed by atoms with Gasteiger partial charge in [-0.05, 0) is 190 Å². The molecule has 0 aliphatic heterocycles. The molecule has 12 N–H and O–H groups in total. The molecule has 0 saturated heterocycles. The lowest BCUT2D eigenvalue weighted by Crippen LogP contribution is -2.54. The molecule has 0 radical (unpaired) electrons. The third kappa shape index (κ3) is 48.9. The van der Waals surface area contributed by atoms with Gasteiger partial charge in [0.15, 0.2) is 0 Å². The van der Waals surface area contributed by atoms with Crippen LogP contribution in [0.15, 0.2) is 0 Å². The lowest BCUT2D eigenvalue weighted by Gasteiger charge is -2.25. The topological polar surface area (TPSA) is 501 Å². The third-order valence-corrected chi connectivity index (χ3v) is 13.2. The van der Waals surface area contributed by atoms with Crippen LogP contribution < -0.4 is 58.9 Å². The Hall–Kier alpha value is -9.05. The first kappa shape index (κ1) is 97.0. The van der Waals surface area contributed by atoms with Crippen molar-refractivity contribution in [2.45, 2.75) is 324 Å². The van der Waals surface area contributed by atoms with Crippen LogP contribution in [0.25, 0.3) is 0 Å². The van der Waals surface area contributed by atoms with Gasteiger partial charge in [-0.3, -0.25) is 62.3 Å². The van der Waals surface area contributed by atoms with Crippen molar-refractivity contribution in [3.8, 4) is 0 Å². The number of carbonyl (C=O) groups excluding carboxylic acids is 17. The van der Waals surface area contributed by atoms with Crippen LogP contribution in [0.5, 0.6) is 0 Å². The minimum atomic E-state index is -1.72. The van der Waals surface area contributed by atoms with Crippen LogP contribution in [0.4, 0.5) is 0 Å². The number of rotatable bonds is 41. The van der Waals surface area contributed by atoms with Crippen molar-refractivity contribution in [3.63, 3.8) is 0 Å². The summed E-state index contributed by atoms with van der Waals surface area (Å²) >= 11 is 0. The number of esters is 7. The van der Waals surface area contributed by atoms with Crippen LogP contribution >= 0.6 is 0 Å². The molecule has 0 aromatic rings. The Morgan fingerprint density at radius 1 is 0.255 bits per heavy atom. The first-order chi connectivity index (χ1) is 48.2. The standard InChI is InChI=1S/C71H121N11O24/c1-23-24-44(61(96)103-68(11,12)13)78-51(86)37-73-48(83)32-26-42(59(94)75-39-53(88)80-46(63(98)105-70(17,18)19)29-35-56(91)101-66(5,6)7)77-50(85)31-25-41(72)58(93)82-43(60(95)76-40-54(89)81-47(64(99)106-71(20,21)22)30-36-57(92)102-67(8,9)10)27-33-49(84)74-38-52(87)79-45(62(97)104-69(14,15)16)28-34-55(90)100-65(2,3)4/h41-47H,23-40,72H2,1-22H3,(H,73,83)(H,74,84)(H,75,94)(H,76,95)(H,77,85)(H,78,86)(H,79,87)(H,80,88)(H,81,89)(H,82,93). The summed E-state index contributed by atoms with van der Waals surface area (Å²) in [6, 6.07) is -10.3. The van der Waals surface area contributed by atoms with Crippen molar-refractivity contribution in [1.82, 2.24) is 53.2 Å². The number of nitrogens with two attached hydrogens (primary N) is 1. The van der Waals surface area contributed by atoms with Gasteiger partial charge in [0.2, 0.25) is 59.1 Å². The highest BCUT2D eigenvalue weighted by molar-refractivity contribution is 5.96. The Labute approximate surface area is 622 Å². The maximum atomic E-state index is 14.0. The molecule has 0 fully saturated rings. The summed E-state index contributed by atoms with van der Waals surface area (Å²) in [5.74, 6) is -15.0. The molecule has 7 atom stereocenters. The minimum Gasteiger partial charge on any atom is -0.460 e. The number of carbonyl (C=O) groups is 17. The number of hydrogen-bond donors (Lipinski definition) is 11. The van der Waals surface area contributed by atoms with Gasteiger partial charge in [0.1, 0.15) is 75.5 Å². The minimum absolute atomic E-state index is 0.214. The van der Waals surface area contributed by atoms with E-state index >= 15 is 0 Å². The second kappa shape index (κ2) is 44.2. The average Bonchev–Trinajstić information content (AvgIpc) is 0.876. The van der Waals surface area contributed by atoms with Gasteiger partial charge in [-0.25, -0.2) is 19.2 Å². The smallest absolute Gasteiger partial charge is 0.329 e.